The fourth-order valence-electron chi connectivity index (χ4n) is 3.57. The molecular formula is C18H31NO. The first-order valence-electron chi connectivity index (χ1n) is 7.70. The van der Waals surface area contributed by atoms with Crippen LogP contribution in [0.1, 0.15) is 48.9 Å². The maximum Gasteiger partial charge on any atom is 0.0763 e. The molecule has 0 fully saturated rings. The molecule has 1 unspecified atom stereocenters. The summed E-state index contributed by atoms with van der Waals surface area (Å²) in [7, 11) is 4.15. The Kier molecular flexibility index (Phi) is 5.79. The average Bonchev–Trinajstić information content (AvgIpc) is 2.35. The van der Waals surface area contributed by atoms with Gasteiger partial charge in [-0.15, -0.1) is 0 Å². The Balaban J connectivity index is 3.09. The number of benzene rings is 1. The van der Waals surface area contributed by atoms with Crippen molar-refractivity contribution in [3.63, 3.8) is 0 Å². The summed E-state index contributed by atoms with van der Waals surface area (Å²) in [6.45, 7) is 10.8. The van der Waals surface area contributed by atoms with Gasteiger partial charge in [0, 0.05) is 12.0 Å². The highest BCUT2D eigenvalue weighted by Crippen LogP contribution is 2.29. The Morgan fingerprint density at radius 2 is 1.50 bits per heavy atom. The van der Waals surface area contributed by atoms with Crippen molar-refractivity contribution in [3.05, 3.63) is 34.4 Å². The average molecular weight is 277 g/mol. The lowest BCUT2D eigenvalue weighted by Crippen LogP contribution is -2.53. The van der Waals surface area contributed by atoms with Crippen LogP contribution in [-0.2, 0) is 6.42 Å². The van der Waals surface area contributed by atoms with E-state index in [4.69, 9.17) is 0 Å². The highest BCUT2D eigenvalue weighted by molar-refractivity contribution is 5.38. The van der Waals surface area contributed by atoms with Crippen LogP contribution in [-0.4, -0.2) is 35.7 Å². The van der Waals surface area contributed by atoms with Gasteiger partial charge >= 0.3 is 0 Å². The minimum atomic E-state index is -0.340. The zero-order valence-corrected chi connectivity index (χ0v) is 14.2. The summed E-state index contributed by atoms with van der Waals surface area (Å²) < 4.78 is 0. The number of likely N-dealkylation sites (N-methyl/N-ethyl adjacent to an activating group) is 1. The molecule has 0 bridgehead atoms. The van der Waals surface area contributed by atoms with Crippen LogP contribution in [0, 0.1) is 20.8 Å². The van der Waals surface area contributed by atoms with E-state index in [0.29, 0.717) is 0 Å². The molecule has 0 amide bonds. The fourth-order valence-corrected chi connectivity index (χ4v) is 3.57. The minimum Gasteiger partial charge on any atom is -0.391 e. The first-order chi connectivity index (χ1) is 9.28. The van der Waals surface area contributed by atoms with E-state index in [9.17, 15) is 5.11 Å². The van der Waals surface area contributed by atoms with E-state index in [2.05, 4.69) is 65.7 Å². The first-order valence-corrected chi connectivity index (χ1v) is 7.70. The summed E-state index contributed by atoms with van der Waals surface area (Å²) in [5.41, 5.74) is 5.05. The van der Waals surface area contributed by atoms with Crippen LogP contribution < -0.4 is 0 Å². The third-order valence-corrected chi connectivity index (χ3v) is 4.97. The van der Waals surface area contributed by atoms with Crippen LogP contribution >= 0.6 is 0 Å². The minimum absolute atomic E-state index is 0.135. The largest absolute Gasteiger partial charge is 0.391 e. The first kappa shape index (κ1) is 17.2. The molecule has 0 saturated heterocycles. The molecule has 20 heavy (non-hydrogen) atoms. The Labute approximate surface area is 124 Å². The van der Waals surface area contributed by atoms with Crippen molar-refractivity contribution in [1.29, 1.82) is 0 Å². The third kappa shape index (κ3) is 3.24. The molecule has 0 aliphatic rings. The molecule has 2 nitrogen and oxygen atoms in total. The SMILES string of the molecule is CCC(CC)(C(O)Cc1c(C)cc(C)cc1C)N(C)C. The van der Waals surface area contributed by atoms with E-state index in [1.54, 1.807) is 0 Å². The summed E-state index contributed by atoms with van der Waals surface area (Å²) in [5.74, 6) is 0. The van der Waals surface area contributed by atoms with Crippen LogP contribution in [0.4, 0.5) is 0 Å². The van der Waals surface area contributed by atoms with Gasteiger partial charge in [0.05, 0.1) is 6.10 Å². The molecular weight excluding hydrogens is 246 g/mol. The fraction of sp³-hybridized carbons (Fsp3) is 0.667. The molecule has 0 heterocycles. The number of hydrogen-bond acceptors (Lipinski definition) is 2. The van der Waals surface area contributed by atoms with Crippen molar-refractivity contribution in [2.75, 3.05) is 14.1 Å². The number of aliphatic hydroxyl groups excluding tert-OH is 1. The third-order valence-electron chi connectivity index (χ3n) is 4.97. The summed E-state index contributed by atoms with van der Waals surface area (Å²) in [6, 6.07) is 4.43. The van der Waals surface area contributed by atoms with Crippen molar-refractivity contribution >= 4 is 0 Å². The van der Waals surface area contributed by atoms with Crippen LogP contribution in [0.25, 0.3) is 0 Å². The molecule has 1 aromatic rings. The van der Waals surface area contributed by atoms with Crippen molar-refractivity contribution < 1.29 is 5.11 Å². The molecule has 0 aliphatic carbocycles. The number of rotatable bonds is 6. The Morgan fingerprint density at radius 1 is 1.05 bits per heavy atom. The van der Waals surface area contributed by atoms with E-state index in [0.717, 1.165) is 19.3 Å². The molecule has 0 radical (unpaired) electrons. The monoisotopic (exact) mass is 277 g/mol. The summed E-state index contributed by atoms with van der Waals surface area (Å²) in [6.07, 6.45) is 2.31. The summed E-state index contributed by atoms with van der Waals surface area (Å²) >= 11 is 0. The zero-order chi connectivity index (χ0) is 15.5. The molecule has 1 atom stereocenters. The molecule has 0 spiro atoms. The summed E-state index contributed by atoms with van der Waals surface area (Å²) in [5, 5.41) is 10.9. The number of aliphatic hydroxyl groups is 1. The Bertz CT molecular complexity index is 424. The van der Waals surface area contributed by atoms with Crippen LogP contribution in [0.15, 0.2) is 12.1 Å². The number of aryl methyl sites for hydroxylation is 3. The van der Waals surface area contributed by atoms with Gasteiger partial charge in [0.2, 0.25) is 0 Å². The van der Waals surface area contributed by atoms with E-state index in [-0.39, 0.29) is 11.6 Å². The topological polar surface area (TPSA) is 23.5 Å². The van der Waals surface area contributed by atoms with Gasteiger partial charge < -0.3 is 10.0 Å². The predicted molar refractivity (Wildman–Crippen MR) is 87.4 cm³/mol. The standard InChI is InChI=1S/C18H31NO/c1-8-18(9-2,19(6)7)17(20)12-16-14(4)10-13(3)11-15(16)5/h10-11,17,20H,8-9,12H2,1-7H3. The molecule has 1 N–H and O–H groups in total. The molecule has 114 valence electrons. The van der Waals surface area contributed by atoms with Gasteiger partial charge in [0.1, 0.15) is 0 Å². The Hall–Kier alpha value is -0.860. The second-order valence-corrected chi connectivity index (χ2v) is 6.30. The smallest absolute Gasteiger partial charge is 0.0763 e. The van der Waals surface area contributed by atoms with Gasteiger partial charge in [-0.2, -0.15) is 0 Å². The second-order valence-electron chi connectivity index (χ2n) is 6.30. The highest BCUT2D eigenvalue weighted by Gasteiger charge is 2.37. The normalized spacial score (nSPS) is 13.8. The highest BCUT2D eigenvalue weighted by atomic mass is 16.3. The van der Waals surface area contributed by atoms with Gasteiger partial charge in [-0.1, -0.05) is 31.5 Å². The van der Waals surface area contributed by atoms with Crippen molar-refractivity contribution in [1.82, 2.24) is 4.90 Å². The number of nitrogens with zero attached hydrogens (tertiary/aromatic N) is 1. The maximum absolute atomic E-state index is 10.9. The van der Waals surface area contributed by atoms with Crippen LogP contribution in [0.5, 0.6) is 0 Å². The van der Waals surface area contributed by atoms with Gasteiger partial charge in [-0.05, 0) is 64.4 Å². The lowest BCUT2D eigenvalue weighted by atomic mass is 9.81. The zero-order valence-electron chi connectivity index (χ0n) is 14.2. The molecule has 0 aromatic heterocycles. The van der Waals surface area contributed by atoms with Crippen LogP contribution in [0.2, 0.25) is 0 Å². The van der Waals surface area contributed by atoms with Crippen molar-refractivity contribution in [3.8, 4) is 0 Å². The second kappa shape index (κ2) is 6.73. The molecule has 1 rings (SSSR count). The van der Waals surface area contributed by atoms with Gasteiger partial charge in [0.15, 0.2) is 0 Å². The van der Waals surface area contributed by atoms with Crippen LogP contribution in [0.3, 0.4) is 0 Å². The van der Waals surface area contributed by atoms with E-state index < -0.39 is 0 Å². The van der Waals surface area contributed by atoms with E-state index >= 15 is 0 Å². The van der Waals surface area contributed by atoms with E-state index in [1.807, 2.05) is 0 Å². The molecule has 0 aliphatic heterocycles. The van der Waals surface area contributed by atoms with E-state index in [1.165, 1.54) is 22.3 Å². The molecule has 1 aromatic carbocycles. The predicted octanol–water partition coefficient (Wildman–Crippen LogP) is 3.64. The number of hydrogen-bond donors (Lipinski definition) is 1. The van der Waals surface area contributed by atoms with Crippen molar-refractivity contribution in [2.24, 2.45) is 0 Å². The molecule has 2 heteroatoms. The van der Waals surface area contributed by atoms with Crippen molar-refractivity contribution in [2.45, 2.75) is 65.5 Å². The van der Waals surface area contributed by atoms with Gasteiger partial charge in [0.25, 0.3) is 0 Å². The van der Waals surface area contributed by atoms with Gasteiger partial charge in [-0.25, -0.2) is 0 Å². The summed E-state index contributed by atoms with van der Waals surface area (Å²) in [4.78, 5) is 2.19. The Morgan fingerprint density at radius 3 is 1.85 bits per heavy atom. The lowest BCUT2D eigenvalue weighted by molar-refractivity contribution is -0.0127. The quantitative estimate of drug-likeness (QED) is 0.858. The van der Waals surface area contributed by atoms with Gasteiger partial charge in [-0.3, -0.25) is 0 Å². The lowest BCUT2D eigenvalue weighted by Gasteiger charge is -2.43. The molecule has 0 saturated carbocycles. The maximum atomic E-state index is 10.9.